The number of benzene rings is 2. The molecule has 1 atom stereocenters. The van der Waals surface area contributed by atoms with Crippen molar-refractivity contribution in [1.29, 1.82) is 0 Å². The van der Waals surface area contributed by atoms with E-state index in [9.17, 15) is 0 Å². The maximum Gasteiger partial charge on any atom is 0.703 e. The quantitative estimate of drug-likeness (QED) is 0.731. The molecule has 28 heavy (non-hydrogen) atoms. The van der Waals surface area contributed by atoms with Crippen molar-refractivity contribution < 1.29 is 18.6 Å². The van der Waals surface area contributed by atoms with Crippen LogP contribution in [0.3, 0.4) is 0 Å². The fourth-order valence-electron chi connectivity index (χ4n) is 4.18. The molecule has 0 radical (unpaired) electrons. The fraction of sp³-hybridized carbons (Fsp3) is 0.417. The normalized spacial score (nSPS) is 20.1. The predicted octanol–water partition coefficient (Wildman–Crippen LogP) is 4.21. The van der Waals surface area contributed by atoms with Gasteiger partial charge in [0.2, 0.25) is 0 Å². The van der Waals surface area contributed by atoms with Gasteiger partial charge in [-0.1, -0.05) is 42.1 Å². The van der Waals surface area contributed by atoms with Crippen LogP contribution in [0.1, 0.15) is 60.1 Å². The zero-order valence-electron chi connectivity index (χ0n) is 18.0. The third-order valence-corrected chi connectivity index (χ3v) is 5.74. The van der Waals surface area contributed by atoms with Crippen LogP contribution < -0.4 is 9.47 Å². The second-order valence-electron chi connectivity index (χ2n) is 8.34. The molecule has 0 saturated carbocycles. The molecule has 4 nitrogen and oxygen atoms in total. The first-order valence-electron chi connectivity index (χ1n) is 10.1. The molecule has 2 heterocycles. The third kappa shape index (κ3) is 2.74. The Morgan fingerprint density at radius 2 is 1.50 bits per heavy atom. The van der Waals surface area contributed by atoms with E-state index in [4.69, 9.17) is 9.47 Å². The molecule has 0 aliphatic carbocycles. The predicted molar refractivity (Wildman–Crippen MR) is 113 cm³/mol. The van der Waals surface area contributed by atoms with E-state index in [1.165, 1.54) is 16.7 Å². The average Bonchev–Trinajstić information content (AvgIpc) is 2.63. The lowest BCUT2D eigenvalue weighted by Crippen LogP contribution is -2.62. The molecule has 1 unspecified atom stereocenters. The molecule has 0 bridgehead atoms. The van der Waals surface area contributed by atoms with Crippen LogP contribution in [0, 0.1) is 13.8 Å². The van der Waals surface area contributed by atoms with Crippen LogP contribution in [0.5, 0.6) is 11.5 Å². The van der Waals surface area contributed by atoms with E-state index in [0.29, 0.717) is 5.92 Å². The van der Waals surface area contributed by atoms with Crippen LogP contribution in [0.15, 0.2) is 24.3 Å². The van der Waals surface area contributed by atoms with Crippen molar-refractivity contribution in [1.82, 2.24) is 0 Å². The molecule has 0 fully saturated rings. The Labute approximate surface area is 167 Å². The Hall–Kier alpha value is -2.62. The number of hydrogen-bond donors (Lipinski definition) is 0. The minimum Gasteiger partial charge on any atom is -0.340 e. The highest BCUT2D eigenvalue weighted by atomic mass is 16.7. The summed E-state index contributed by atoms with van der Waals surface area (Å²) >= 11 is 0. The number of hydrogen-bond acceptors (Lipinski definition) is 2. The summed E-state index contributed by atoms with van der Waals surface area (Å²) < 4.78 is 17.3. The SMILES string of the molecule is CCc1cc(C(C)C)cc2c1OC1(Oc3c(C)cc(C)cc3C=[N+]1C)[N+](C)=C2. The number of nitrogens with zero attached hydrogens (tertiary/aromatic N) is 2. The first-order chi connectivity index (χ1) is 13.2. The van der Waals surface area contributed by atoms with E-state index in [-0.39, 0.29) is 0 Å². The van der Waals surface area contributed by atoms with Gasteiger partial charge in [0.05, 0.1) is 11.1 Å². The van der Waals surface area contributed by atoms with Gasteiger partial charge >= 0.3 is 6.03 Å². The first kappa shape index (κ1) is 18.7. The van der Waals surface area contributed by atoms with Gasteiger partial charge in [-0.25, -0.2) is 0 Å². The van der Waals surface area contributed by atoms with E-state index in [1.807, 2.05) is 23.2 Å². The van der Waals surface area contributed by atoms with E-state index in [1.54, 1.807) is 0 Å². The van der Waals surface area contributed by atoms with Crippen LogP contribution in [0.2, 0.25) is 0 Å². The maximum atomic E-state index is 6.65. The van der Waals surface area contributed by atoms with Crippen LogP contribution in [-0.4, -0.2) is 41.7 Å². The molecule has 2 aromatic carbocycles. The van der Waals surface area contributed by atoms with Gasteiger partial charge < -0.3 is 9.47 Å². The van der Waals surface area contributed by atoms with Crippen molar-refractivity contribution >= 4 is 12.4 Å². The van der Waals surface area contributed by atoms with Gasteiger partial charge in [-0.3, -0.25) is 0 Å². The van der Waals surface area contributed by atoms with Crippen molar-refractivity contribution in [3.05, 3.63) is 57.6 Å². The summed E-state index contributed by atoms with van der Waals surface area (Å²) in [7, 11) is 4.01. The lowest BCUT2D eigenvalue weighted by molar-refractivity contribution is -0.892. The summed E-state index contributed by atoms with van der Waals surface area (Å²) in [5.74, 6) is 2.27. The van der Waals surface area contributed by atoms with Gasteiger partial charge in [0, 0.05) is 0 Å². The topological polar surface area (TPSA) is 24.5 Å². The summed E-state index contributed by atoms with van der Waals surface area (Å²) in [6.07, 6.45) is 5.17. The Balaban J connectivity index is 1.88. The zero-order chi connectivity index (χ0) is 20.2. The number of rotatable bonds is 2. The number of aryl methyl sites for hydroxylation is 3. The van der Waals surface area contributed by atoms with E-state index in [0.717, 1.165) is 34.6 Å². The van der Waals surface area contributed by atoms with Crippen LogP contribution in [0.25, 0.3) is 0 Å². The lowest BCUT2D eigenvalue weighted by Gasteiger charge is -2.31. The molecule has 2 aliphatic heterocycles. The Morgan fingerprint density at radius 3 is 2.11 bits per heavy atom. The second-order valence-corrected chi connectivity index (χ2v) is 8.34. The molecule has 4 rings (SSSR count). The molecule has 0 aromatic heterocycles. The van der Waals surface area contributed by atoms with Gasteiger partial charge in [0.15, 0.2) is 23.9 Å². The highest BCUT2D eigenvalue weighted by Crippen LogP contribution is 2.38. The highest BCUT2D eigenvalue weighted by Gasteiger charge is 2.61. The maximum absolute atomic E-state index is 6.65. The third-order valence-electron chi connectivity index (χ3n) is 5.74. The molecular weight excluding hydrogens is 348 g/mol. The molecular formula is C24H30N2O2+2. The van der Waals surface area contributed by atoms with E-state index >= 15 is 0 Å². The molecule has 0 amide bonds. The van der Waals surface area contributed by atoms with Gasteiger partial charge in [-0.05, 0) is 60.6 Å². The average molecular weight is 379 g/mol. The van der Waals surface area contributed by atoms with E-state index < -0.39 is 6.03 Å². The number of fused-ring (bicyclic) bond motifs is 2. The van der Waals surface area contributed by atoms with Crippen molar-refractivity contribution in [2.75, 3.05) is 14.1 Å². The summed E-state index contributed by atoms with van der Waals surface area (Å²) in [6, 6.07) is 7.78. The zero-order valence-corrected chi connectivity index (χ0v) is 18.0. The van der Waals surface area contributed by atoms with Crippen molar-refractivity contribution in [3.8, 4) is 11.5 Å². The van der Waals surface area contributed by atoms with Gasteiger partial charge in [0.25, 0.3) is 0 Å². The molecule has 1 spiro atoms. The Morgan fingerprint density at radius 1 is 0.893 bits per heavy atom. The summed E-state index contributed by atoms with van der Waals surface area (Å²) in [6.45, 7) is 10.8. The summed E-state index contributed by atoms with van der Waals surface area (Å²) in [5, 5.41) is 0. The van der Waals surface area contributed by atoms with E-state index in [2.05, 4.69) is 71.3 Å². The Bertz CT molecular complexity index is 1030. The first-order valence-corrected chi connectivity index (χ1v) is 10.1. The molecule has 4 heteroatoms. The summed E-state index contributed by atoms with van der Waals surface area (Å²) in [5.41, 5.74) is 7.09. The van der Waals surface area contributed by atoms with Crippen LogP contribution in [0.4, 0.5) is 0 Å². The largest absolute Gasteiger partial charge is 0.703 e. The highest BCUT2D eigenvalue weighted by molar-refractivity contribution is 5.84. The molecule has 0 N–H and O–H groups in total. The van der Waals surface area contributed by atoms with Crippen molar-refractivity contribution in [3.63, 3.8) is 0 Å². The van der Waals surface area contributed by atoms with Gasteiger partial charge in [-0.15, -0.1) is 0 Å². The fourth-order valence-corrected chi connectivity index (χ4v) is 4.18. The summed E-state index contributed by atoms with van der Waals surface area (Å²) in [4.78, 5) is 0. The second kappa shape index (κ2) is 6.47. The lowest BCUT2D eigenvalue weighted by atomic mass is 9.95. The standard InChI is InChI=1S/C24H30N2O2/c1-8-18-11-19(15(2)3)12-21-14-26(7)24(28-23(18)21)25(6)13-20-10-16(4)9-17(5)22(20)27-24/h9-15H,8H2,1-7H3/q+2. The Kier molecular flexibility index (Phi) is 4.33. The van der Waals surface area contributed by atoms with Crippen LogP contribution >= 0.6 is 0 Å². The monoisotopic (exact) mass is 378 g/mol. The molecule has 2 aromatic rings. The molecule has 0 saturated heterocycles. The minimum atomic E-state index is -1.02. The van der Waals surface area contributed by atoms with Gasteiger partial charge in [0.1, 0.15) is 14.1 Å². The molecule has 146 valence electrons. The van der Waals surface area contributed by atoms with Crippen LogP contribution in [-0.2, 0) is 6.42 Å². The van der Waals surface area contributed by atoms with Crippen molar-refractivity contribution in [2.24, 2.45) is 0 Å². The molecule has 2 aliphatic rings. The van der Waals surface area contributed by atoms with Crippen molar-refractivity contribution in [2.45, 2.75) is 53.0 Å². The van der Waals surface area contributed by atoms with Gasteiger partial charge in [-0.2, -0.15) is 0 Å². The number of ether oxygens (including phenoxy) is 2. The minimum absolute atomic E-state index is 0.477. The smallest absolute Gasteiger partial charge is 0.340 e.